The highest BCUT2D eigenvalue weighted by Crippen LogP contribution is 2.51. The number of fused-ring (bicyclic) bond motifs is 1. The zero-order valence-corrected chi connectivity index (χ0v) is 41.8. The van der Waals surface area contributed by atoms with E-state index in [1.54, 1.807) is 44.5 Å². The van der Waals surface area contributed by atoms with Crippen LogP contribution in [0.4, 0.5) is 0 Å². The van der Waals surface area contributed by atoms with Crippen molar-refractivity contribution in [3.8, 4) is 0 Å². The summed E-state index contributed by atoms with van der Waals surface area (Å²) in [6.07, 6.45) is 39.0. The Morgan fingerprint density at radius 1 is 0.766 bits per heavy atom. The van der Waals surface area contributed by atoms with Gasteiger partial charge in [-0.2, -0.15) is 0 Å². The van der Waals surface area contributed by atoms with Crippen LogP contribution in [0.2, 0.25) is 0 Å². The first-order valence-corrected chi connectivity index (χ1v) is 27.4. The number of benzene rings is 2. The van der Waals surface area contributed by atoms with Crippen molar-refractivity contribution >= 4 is 0 Å². The molecule has 0 nitrogen and oxygen atoms in total. The molecule has 2 aromatic carbocycles. The quantitative estimate of drug-likeness (QED) is 0.176. The van der Waals surface area contributed by atoms with Crippen LogP contribution in [0.25, 0.3) is 0 Å². The van der Waals surface area contributed by atoms with Crippen LogP contribution in [0.3, 0.4) is 0 Å². The third kappa shape index (κ3) is 10.6. The molecule has 5 fully saturated rings. The van der Waals surface area contributed by atoms with Gasteiger partial charge in [0.05, 0.1) is 0 Å². The van der Waals surface area contributed by atoms with E-state index < -0.39 is 0 Å². The summed E-state index contributed by atoms with van der Waals surface area (Å²) in [6, 6.07) is 17.4. The van der Waals surface area contributed by atoms with Crippen LogP contribution in [0.1, 0.15) is 216 Å². The lowest BCUT2D eigenvalue weighted by atomic mass is 9.62. The molecular weight excluding hydrogens is 769 g/mol. The van der Waals surface area contributed by atoms with Gasteiger partial charge < -0.3 is 0 Å². The van der Waals surface area contributed by atoms with Crippen molar-refractivity contribution in [1.29, 1.82) is 0 Å². The molecule has 0 aliphatic heterocycles. The molecular formula is C64H90. The number of rotatable bonds is 13. The second-order valence-corrected chi connectivity index (χ2v) is 25.2. The highest BCUT2D eigenvalue weighted by Gasteiger charge is 2.39. The van der Waals surface area contributed by atoms with Crippen molar-refractivity contribution in [1.82, 2.24) is 0 Å². The molecule has 4 atom stereocenters. The van der Waals surface area contributed by atoms with E-state index in [-0.39, 0.29) is 10.8 Å². The predicted molar refractivity (Wildman–Crippen MR) is 276 cm³/mol. The van der Waals surface area contributed by atoms with Crippen LogP contribution in [0.5, 0.6) is 0 Å². The Balaban J connectivity index is 0.687. The van der Waals surface area contributed by atoms with E-state index in [1.807, 2.05) is 0 Å². The van der Waals surface area contributed by atoms with Crippen molar-refractivity contribution in [3.63, 3.8) is 0 Å². The average Bonchev–Trinajstić information content (AvgIpc) is 3.70. The molecule has 9 rings (SSSR count). The maximum atomic E-state index is 4.81. The summed E-state index contributed by atoms with van der Waals surface area (Å²) in [6.45, 7) is 26.0. The Labute approximate surface area is 393 Å². The van der Waals surface area contributed by atoms with E-state index in [0.29, 0.717) is 11.8 Å². The summed E-state index contributed by atoms with van der Waals surface area (Å²) in [5.41, 5.74) is 16.3. The average molecular weight is 859 g/mol. The second kappa shape index (κ2) is 19.8. The molecule has 5 saturated carbocycles. The maximum absolute atomic E-state index is 4.81. The highest BCUT2D eigenvalue weighted by atomic mass is 14.4. The van der Waals surface area contributed by atoms with Gasteiger partial charge in [-0.1, -0.05) is 143 Å². The van der Waals surface area contributed by atoms with Gasteiger partial charge in [0, 0.05) is 0 Å². The fourth-order valence-corrected chi connectivity index (χ4v) is 15.4. The van der Waals surface area contributed by atoms with E-state index in [0.717, 1.165) is 53.8 Å². The van der Waals surface area contributed by atoms with Crippen molar-refractivity contribution < 1.29 is 0 Å². The van der Waals surface area contributed by atoms with Gasteiger partial charge in [-0.3, -0.25) is 0 Å². The normalized spacial score (nSPS) is 33.2. The van der Waals surface area contributed by atoms with Gasteiger partial charge in [0.25, 0.3) is 0 Å². The molecule has 0 radical (unpaired) electrons. The Hall–Kier alpha value is -2.86. The highest BCUT2D eigenvalue weighted by molar-refractivity contribution is 5.40. The topological polar surface area (TPSA) is 0 Å². The minimum Gasteiger partial charge on any atom is -0.0996 e. The van der Waals surface area contributed by atoms with Crippen molar-refractivity contribution in [2.45, 2.75) is 207 Å². The molecule has 0 N–H and O–H groups in total. The molecule has 2 unspecified atom stereocenters. The first-order valence-electron chi connectivity index (χ1n) is 27.4. The Kier molecular flexibility index (Phi) is 14.3. The number of allylic oxidation sites excluding steroid dienone is 7. The minimum absolute atomic E-state index is 0.196. The van der Waals surface area contributed by atoms with Crippen LogP contribution in [-0.2, 0) is 19.3 Å². The number of hydrogen-bond donors (Lipinski definition) is 0. The molecule has 0 heterocycles. The van der Waals surface area contributed by atoms with Crippen molar-refractivity contribution in [3.05, 3.63) is 130 Å². The first-order chi connectivity index (χ1) is 30.8. The molecule has 0 aromatic heterocycles. The smallest absolute Gasteiger partial charge is 0.00701 e. The fraction of sp³-hybridized carbons (Fsp3) is 0.656. The predicted octanol–water partition coefficient (Wildman–Crippen LogP) is 18.4. The van der Waals surface area contributed by atoms with Gasteiger partial charge in [0.1, 0.15) is 0 Å². The van der Waals surface area contributed by atoms with Gasteiger partial charge in [0.2, 0.25) is 0 Å². The van der Waals surface area contributed by atoms with Gasteiger partial charge in [-0.15, -0.1) is 0 Å². The molecule has 7 aliphatic rings. The molecule has 0 heteroatoms. The number of aryl methyl sites for hydroxylation is 1. The SMILES string of the molecule is C=C1CC[C@H](C2Cc3ccc(C4CCC(C5CCC(C(=C)CC6CCC(CC7=CCC(C)(CCc8cccc([C@H](C)C9CCC9)c8)C(C(C)(C)C)=C7)CC6)CC5)CC4)cc3C2)C(=C)C1. The zero-order valence-electron chi connectivity index (χ0n) is 41.8. The van der Waals surface area contributed by atoms with Gasteiger partial charge in [-0.05, 0) is 252 Å². The summed E-state index contributed by atoms with van der Waals surface area (Å²) in [7, 11) is 0. The van der Waals surface area contributed by atoms with E-state index in [1.165, 1.54) is 165 Å². The summed E-state index contributed by atoms with van der Waals surface area (Å²) in [5, 5.41) is 0. The molecule has 346 valence electrons. The van der Waals surface area contributed by atoms with E-state index in [9.17, 15) is 0 Å². The number of hydrogen-bond acceptors (Lipinski definition) is 0. The second-order valence-electron chi connectivity index (χ2n) is 25.2. The Morgan fingerprint density at radius 3 is 2.16 bits per heavy atom. The molecule has 7 aliphatic carbocycles. The summed E-state index contributed by atoms with van der Waals surface area (Å²) >= 11 is 0. The van der Waals surface area contributed by atoms with Gasteiger partial charge >= 0.3 is 0 Å². The van der Waals surface area contributed by atoms with Gasteiger partial charge in [0.15, 0.2) is 0 Å². The molecule has 2 aromatic rings. The maximum Gasteiger partial charge on any atom is -0.00701 e. The fourth-order valence-electron chi connectivity index (χ4n) is 15.4. The van der Waals surface area contributed by atoms with E-state index >= 15 is 0 Å². The lowest BCUT2D eigenvalue weighted by molar-refractivity contribution is 0.166. The molecule has 0 bridgehead atoms. The lowest BCUT2D eigenvalue weighted by Crippen LogP contribution is -2.30. The van der Waals surface area contributed by atoms with Crippen LogP contribution < -0.4 is 0 Å². The summed E-state index contributed by atoms with van der Waals surface area (Å²) in [5.74, 6) is 8.29. The monoisotopic (exact) mass is 859 g/mol. The van der Waals surface area contributed by atoms with Crippen LogP contribution >= 0.6 is 0 Å². The summed E-state index contributed by atoms with van der Waals surface area (Å²) < 4.78 is 0. The largest absolute Gasteiger partial charge is 0.0996 e. The third-order valence-corrected chi connectivity index (χ3v) is 19.8. The van der Waals surface area contributed by atoms with Crippen LogP contribution in [0, 0.1) is 58.2 Å². The summed E-state index contributed by atoms with van der Waals surface area (Å²) in [4.78, 5) is 0. The first kappa shape index (κ1) is 46.3. The molecule has 0 spiro atoms. The zero-order chi connectivity index (χ0) is 44.6. The van der Waals surface area contributed by atoms with E-state index in [2.05, 4.69) is 102 Å². The van der Waals surface area contributed by atoms with Crippen molar-refractivity contribution in [2.24, 2.45) is 58.2 Å². The molecule has 0 amide bonds. The van der Waals surface area contributed by atoms with E-state index in [4.69, 9.17) is 6.58 Å². The standard InChI is InChI=1S/C64H90/c1-43-15-30-61(45(3)35-43)60-41-58-29-28-57(40-59(58)42-60)55-26-24-54(25-27-55)53-22-20-51(21-23-53)44(2)36-48-16-18-49(19-17-48)37-50-32-34-64(8,62(39-50)63(5,6)7)33-31-47-11-9-14-56(38-47)46(4)52-12-10-13-52/h9,11,14,28-29,32,38-40,46,48-49,51-55,60-61H,1-3,10,12-13,15-27,30-31,33-37,41-42H2,4-8H3/t46-,48?,49?,51?,53?,54?,55?,60?,61+,64?/m1/s1. The van der Waals surface area contributed by atoms with Gasteiger partial charge in [-0.25, -0.2) is 0 Å². The Morgan fingerprint density at radius 2 is 1.47 bits per heavy atom. The molecule has 64 heavy (non-hydrogen) atoms. The molecule has 0 saturated heterocycles. The van der Waals surface area contributed by atoms with Crippen LogP contribution in [0.15, 0.2) is 102 Å². The van der Waals surface area contributed by atoms with Crippen molar-refractivity contribution in [2.75, 3.05) is 0 Å². The minimum atomic E-state index is 0.196. The van der Waals surface area contributed by atoms with Crippen LogP contribution in [-0.4, -0.2) is 0 Å². The Bertz CT molecular complexity index is 2030. The lowest BCUT2D eigenvalue weighted by Gasteiger charge is -2.42. The third-order valence-electron chi connectivity index (χ3n) is 19.8.